The third-order valence-corrected chi connectivity index (χ3v) is 5.25. The SMILES string of the molecule is NC(=O)c1cnc(Nc2cc(N3CCCC3=O)ccc2F)nc1Nc1ccc(CCO)cc1. The van der Waals surface area contributed by atoms with Crippen molar-refractivity contribution in [1.82, 2.24) is 9.97 Å². The molecule has 33 heavy (non-hydrogen) atoms. The Morgan fingerprint density at radius 1 is 1.18 bits per heavy atom. The molecule has 0 saturated carbocycles. The van der Waals surface area contributed by atoms with Crippen molar-refractivity contribution in [3.63, 3.8) is 0 Å². The van der Waals surface area contributed by atoms with Crippen LogP contribution in [0.4, 0.5) is 33.2 Å². The Bertz CT molecular complexity index is 1190. The molecular weight excluding hydrogens is 427 g/mol. The summed E-state index contributed by atoms with van der Waals surface area (Å²) in [6.07, 6.45) is 3.01. The number of carbonyl (C=O) groups excluding carboxylic acids is 2. The highest BCUT2D eigenvalue weighted by Crippen LogP contribution is 2.28. The van der Waals surface area contributed by atoms with Crippen LogP contribution in [0.2, 0.25) is 0 Å². The van der Waals surface area contributed by atoms with Gasteiger partial charge < -0.3 is 26.4 Å². The molecule has 1 saturated heterocycles. The number of nitrogens with two attached hydrogens (primary N) is 1. The maximum Gasteiger partial charge on any atom is 0.254 e. The van der Waals surface area contributed by atoms with Gasteiger partial charge in [-0.3, -0.25) is 9.59 Å². The summed E-state index contributed by atoms with van der Waals surface area (Å²) in [5, 5.41) is 14.9. The van der Waals surface area contributed by atoms with Gasteiger partial charge in [0.2, 0.25) is 11.9 Å². The van der Waals surface area contributed by atoms with E-state index < -0.39 is 11.7 Å². The van der Waals surface area contributed by atoms with Crippen molar-refractivity contribution in [2.75, 3.05) is 28.7 Å². The smallest absolute Gasteiger partial charge is 0.254 e. The summed E-state index contributed by atoms with van der Waals surface area (Å²) in [5.41, 5.74) is 7.80. The van der Waals surface area contributed by atoms with Crippen LogP contribution in [0.25, 0.3) is 0 Å². The predicted molar refractivity (Wildman–Crippen MR) is 122 cm³/mol. The molecule has 0 spiro atoms. The van der Waals surface area contributed by atoms with Crippen molar-refractivity contribution in [1.29, 1.82) is 0 Å². The third-order valence-electron chi connectivity index (χ3n) is 5.25. The topological polar surface area (TPSA) is 133 Å². The van der Waals surface area contributed by atoms with E-state index in [-0.39, 0.29) is 35.5 Å². The van der Waals surface area contributed by atoms with Crippen LogP contribution in [0.1, 0.15) is 28.8 Å². The van der Waals surface area contributed by atoms with Gasteiger partial charge in [0.25, 0.3) is 5.91 Å². The molecule has 9 nitrogen and oxygen atoms in total. The molecule has 0 aliphatic carbocycles. The van der Waals surface area contributed by atoms with E-state index in [1.807, 2.05) is 12.1 Å². The fourth-order valence-electron chi connectivity index (χ4n) is 3.56. The van der Waals surface area contributed by atoms with Crippen molar-refractivity contribution in [3.05, 3.63) is 65.6 Å². The highest BCUT2D eigenvalue weighted by Gasteiger charge is 2.22. The summed E-state index contributed by atoms with van der Waals surface area (Å²) < 4.78 is 14.5. The number of nitrogens with one attached hydrogen (secondary N) is 2. The summed E-state index contributed by atoms with van der Waals surface area (Å²) in [6.45, 7) is 0.627. The van der Waals surface area contributed by atoms with E-state index in [0.717, 1.165) is 12.0 Å². The average Bonchev–Trinajstić information content (AvgIpc) is 3.23. The molecule has 1 aliphatic heterocycles. The number of carbonyl (C=O) groups is 2. The second kappa shape index (κ2) is 9.61. The van der Waals surface area contributed by atoms with Crippen LogP contribution >= 0.6 is 0 Å². The monoisotopic (exact) mass is 450 g/mol. The summed E-state index contributed by atoms with van der Waals surface area (Å²) >= 11 is 0. The van der Waals surface area contributed by atoms with Gasteiger partial charge in [-0.15, -0.1) is 0 Å². The number of hydrogen-bond acceptors (Lipinski definition) is 7. The minimum Gasteiger partial charge on any atom is -0.396 e. The highest BCUT2D eigenvalue weighted by atomic mass is 19.1. The molecule has 3 aromatic rings. The van der Waals surface area contributed by atoms with Crippen molar-refractivity contribution >= 4 is 40.6 Å². The Balaban J connectivity index is 1.60. The Labute approximate surface area is 189 Å². The first-order chi connectivity index (χ1) is 15.9. The minimum absolute atomic E-state index is 0.00823. The van der Waals surface area contributed by atoms with Crippen LogP contribution in [-0.2, 0) is 11.2 Å². The molecule has 170 valence electrons. The zero-order chi connectivity index (χ0) is 23.4. The Hall–Kier alpha value is -4.05. The van der Waals surface area contributed by atoms with Crippen LogP contribution in [0.5, 0.6) is 0 Å². The molecule has 1 fully saturated rings. The maximum absolute atomic E-state index is 14.5. The quantitative estimate of drug-likeness (QED) is 0.415. The van der Waals surface area contributed by atoms with E-state index in [1.165, 1.54) is 18.3 Å². The predicted octanol–water partition coefficient (Wildman–Crippen LogP) is 2.86. The Kier molecular flexibility index (Phi) is 6.45. The molecule has 0 atom stereocenters. The lowest BCUT2D eigenvalue weighted by Crippen LogP contribution is -2.23. The largest absolute Gasteiger partial charge is 0.396 e. The molecule has 2 heterocycles. The van der Waals surface area contributed by atoms with Crippen molar-refractivity contribution in [2.45, 2.75) is 19.3 Å². The summed E-state index contributed by atoms with van der Waals surface area (Å²) in [4.78, 5) is 33.9. The van der Waals surface area contributed by atoms with E-state index in [0.29, 0.717) is 30.8 Å². The lowest BCUT2D eigenvalue weighted by Gasteiger charge is -2.17. The zero-order valence-corrected chi connectivity index (χ0v) is 17.7. The molecule has 5 N–H and O–H groups in total. The van der Waals surface area contributed by atoms with Crippen molar-refractivity contribution in [2.24, 2.45) is 5.73 Å². The molecule has 1 aromatic heterocycles. The van der Waals surface area contributed by atoms with Gasteiger partial charge in [0.15, 0.2) is 0 Å². The molecule has 4 rings (SSSR count). The van der Waals surface area contributed by atoms with Crippen LogP contribution in [0, 0.1) is 5.82 Å². The number of halogens is 1. The van der Waals surface area contributed by atoms with Gasteiger partial charge in [0.05, 0.1) is 5.69 Å². The van der Waals surface area contributed by atoms with Gasteiger partial charge in [-0.2, -0.15) is 4.98 Å². The number of anilines is 5. The molecule has 2 aromatic carbocycles. The third kappa shape index (κ3) is 5.07. The number of nitrogens with zero attached hydrogens (tertiary/aromatic N) is 3. The first-order valence-corrected chi connectivity index (χ1v) is 10.4. The second-order valence-electron chi connectivity index (χ2n) is 7.55. The van der Waals surface area contributed by atoms with Gasteiger partial charge in [0.1, 0.15) is 17.2 Å². The van der Waals surface area contributed by atoms with Crippen molar-refractivity contribution < 1.29 is 19.1 Å². The molecular formula is C23H23FN6O3. The zero-order valence-electron chi connectivity index (χ0n) is 17.7. The van der Waals surface area contributed by atoms with Crippen LogP contribution < -0.4 is 21.3 Å². The normalized spacial score (nSPS) is 13.3. The second-order valence-corrected chi connectivity index (χ2v) is 7.55. The average molecular weight is 450 g/mol. The Morgan fingerprint density at radius 3 is 2.64 bits per heavy atom. The standard InChI is InChI=1S/C23H23FN6O3/c24-18-8-7-16(30-10-1-2-20(30)32)12-19(18)28-23-26-13-17(21(25)33)22(29-23)27-15-5-3-14(4-6-15)9-11-31/h3-8,12-13,31H,1-2,9-11H2,(H2,25,33)(H2,26,27,28,29). The van der Waals surface area contributed by atoms with Crippen LogP contribution in [0.15, 0.2) is 48.7 Å². The van der Waals surface area contributed by atoms with E-state index in [1.54, 1.807) is 23.1 Å². The minimum atomic E-state index is -0.721. The summed E-state index contributed by atoms with van der Waals surface area (Å²) in [5.74, 6) is -1.07. The fraction of sp³-hybridized carbons (Fsp3) is 0.217. The van der Waals surface area contributed by atoms with Crippen LogP contribution in [0.3, 0.4) is 0 Å². The van der Waals surface area contributed by atoms with Gasteiger partial charge in [0, 0.05) is 37.1 Å². The lowest BCUT2D eigenvalue weighted by atomic mass is 10.1. The number of primary amides is 1. The highest BCUT2D eigenvalue weighted by molar-refractivity contribution is 5.98. The van der Waals surface area contributed by atoms with E-state index in [4.69, 9.17) is 10.8 Å². The first-order valence-electron chi connectivity index (χ1n) is 10.4. The van der Waals surface area contributed by atoms with Gasteiger partial charge >= 0.3 is 0 Å². The molecule has 10 heteroatoms. The number of aliphatic hydroxyl groups is 1. The summed E-state index contributed by atoms with van der Waals surface area (Å²) in [6, 6.07) is 11.6. The van der Waals surface area contributed by atoms with E-state index >= 15 is 0 Å². The molecule has 1 aliphatic rings. The van der Waals surface area contributed by atoms with Gasteiger partial charge in [-0.1, -0.05) is 12.1 Å². The fourth-order valence-corrected chi connectivity index (χ4v) is 3.56. The molecule has 0 bridgehead atoms. The van der Waals surface area contributed by atoms with Crippen LogP contribution in [-0.4, -0.2) is 40.0 Å². The first kappa shape index (κ1) is 22.2. The number of amides is 2. The molecule has 2 amide bonds. The van der Waals surface area contributed by atoms with E-state index in [9.17, 15) is 14.0 Å². The number of aromatic nitrogens is 2. The number of aliphatic hydroxyl groups excluding tert-OH is 1. The van der Waals surface area contributed by atoms with Gasteiger partial charge in [-0.05, 0) is 48.7 Å². The van der Waals surface area contributed by atoms with Gasteiger partial charge in [-0.25, -0.2) is 9.37 Å². The maximum atomic E-state index is 14.5. The molecule has 0 radical (unpaired) electrons. The number of benzene rings is 2. The Morgan fingerprint density at radius 2 is 1.97 bits per heavy atom. The number of rotatable bonds is 8. The van der Waals surface area contributed by atoms with E-state index in [2.05, 4.69) is 20.6 Å². The molecule has 0 unspecified atom stereocenters. The van der Waals surface area contributed by atoms with Crippen molar-refractivity contribution in [3.8, 4) is 0 Å². The summed E-state index contributed by atoms with van der Waals surface area (Å²) in [7, 11) is 0. The number of hydrogen-bond donors (Lipinski definition) is 4. The lowest BCUT2D eigenvalue weighted by molar-refractivity contribution is -0.117.